The van der Waals surface area contributed by atoms with E-state index >= 15 is 0 Å². The van der Waals surface area contributed by atoms with Crippen LogP contribution in [0.15, 0.2) is 164 Å². The fraction of sp³-hybridized carbons (Fsp3) is 0. The zero-order valence-corrected chi connectivity index (χ0v) is 24.9. The van der Waals surface area contributed by atoms with Crippen molar-refractivity contribution in [1.82, 2.24) is 9.97 Å². The first kappa shape index (κ1) is 27.2. The molecule has 214 valence electrons. The number of fused-ring (bicyclic) bond motifs is 2. The van der Waals surface area contributed by atoms with Gasteiger partial charge in [-0.2, -0.15) is 5.26 Å². The second-order valence-electron chi connectivity index (χ2n) is 11.3. The van der Waals surface area contributed by atoms with Crippen LogP contribution in [0.2, 0.25) is 0 Å². The number of nitriles is 1. The van der Waals surface area contributed by atoms with Crippen LogP contribution in [0.3, 0.4) is 0 Å². The minimum Gasteiger partial charge on any atom is -0.228 e. The molecule has 0 N–H and O–H groups in total. The van der Waals surface area contributed by atoms with Crippen molar-refractivity contribution in [3.8, 4) is 62.2 Å². The Morgan fingerprint density at radius 2 is 0.804 bits per heavy atom. The molecule has 0 radical (unpaired) electrons. The lowest BCUT2D eigenvalue weighted by molar-refractivity contribution is 1.18. The summed E-state index contributed by atoms with van der Waals surface area (Å²) in [6, 6.07) is 58.6. The van der Waals surface area contributed by atoms with Crippen molar-refractivity contribution >= 4 is 21.5 Å². The summed E-state index contributed by atoms with van der Waals surface area (Å²) in [6.07, 6.45) is 0. The third-order valence-electron chi connectivity index (χ3n) is 8.58. The van der Waals surface area contributed by atoms with E-state index in [1.54, 1.807) is 0 Å². The number of rotatable bonds is 5. The summed E-state index contributed by atoms with van der Waals surface area (Å²) >= 11 is 0. The summed E-state index contributed by atoms with van der Waals surface area (Å²) in [5.74, 6) is 0.706. The maximum absolute atomic E-state index is 9.70. The van der Waals surface area contributed by atoms with Gasteiger partial charge in [-0.25, -0.2) is 9.97 Å². The molecule has 3 heteroatoms. The normalized spacial score (nSPS) is 11.0. The van der Waals surface area contributed by atoms with Gasteiger partial charge in [-0.05, 0) is 50.5 Å². The highest BCUT2D eigenvalue weighted by molar-refractivity contribution is 6.10. The van der Waals surface area contributed by atoms with Crippen molar-refractivity contribution in [2.24, 2.45) is 0 Å². The Morgan fingerprint density at radius 1 is 0.370 bits per heavy atom. The van der Waals surface area contributed by atoms with Crippen LogP contribution in [0, 0.1) is 11.3 Å². The Kier molecular flexibility index (Phi) is 6.87. The van der Waals surface area contributed by atoms with E-state index in [4.69, 9.17) is 9.97 Å². The summed E-state index contributed by atoms with van der Waals surface area (Å²) in [7, 11) is 0. The van der Waals surface area contributed by atoms with Crippen LogP contribution in [0.1, 0.15) is 5.56 Å². The molecule has 3 nitrogen and oxygen atoms in total. The van der Waals surface area contributed by atoms with E-state index in [1.165, 1.54) is 16.3 Å². The van der Waals surface area contributed by atoms with Crippen LogP contribution in [-0.2, 0) is 0 Å². The van der Waals surface area contributed by atoms with Gasteiger partial charge in [-0.15, -0.1) is 0 Å². The lowest BCUT2D eigenvalue weighted by Gasteiger charge is -2.15. The molecule has 0 aliphatic carbocycles. The number of hydrogen-bond acceptors (Lipinski definition) is 3. The van der Waals surface area contributed by atoms with Gasteiger partial charge in [0.1, 0.15) is 0 Å². The molecule has 7 aromatic carbocycles. The average Bonchev–Trinajstić information content (AvgIpc) is 3.14. The van der Waals surface area contributed by atoms with Crippen molar-refractivity contribution in [3.05, 3.63) is 169 Å². The molecule has 1 heterocycles. The van der Waals surface area contributed by atoms with Gasteiger partial charge in [0.05, 0.1) is 23.0 Å². The molecule has 0 atom stereocenters. The second kappa shape index (κ2) is 11.6. The van der Waals surface area contributed by atoms with Crippen molar-refractivity contribution in [1.29, 1.82) is 5.26 Å². The fourth-order valence-electron chi connectivity index (χ4n) is 6.31. The number of nitrogens with zero attached hydrogens (tertiary/aromatic N) is 3. The Bertz CT molecular complexity index is 2350. The molecule has 1 aromatic heterocycles. The third kappa shape index (κ3) is 4.89. The van der Waals surface area contributed by atoms with Gasteiger partial charge in [0.15, 0.2) is 5.82 Å². The van der Waals surface area contributed by atoms with Gasteiger partial charge in [-0.3, -0.25) is 0 Å². The molecule has 0 fully saturated rings. The van der Waals surface area contributed by atoms with E-state index in [1.807, 2.05) is 72.8 Å². The Morgan fingerprint density at radius 3 is 1.41 bits per heavy atom. The summed E-state index contributed by atoms with van der Waals surface area (Å²) in [5.41, 5.74) is 10.1. The molecular formula is C43H27N3. The van der Waals surface area contributed by atoms with E-state index in [2.05, 4.69) is 97.1 Å². The van der Waals surface area contributed by atoms with E-state index in [9.17, 15) is 5.26 Å². The van der Waals surface area contributed by atoms with Crippen LogP contribution >= 0.6 is 0 Å². The highest BCUT2D eigenvalue weighted by atomic mass is 14.9. The molecule has 0 bridgehead atoms. The van der Waals surface area contributed by atoms with Crippen molar-refractivity contribution in [2.75, 3.05) is 0 Å². The molecule has 8 rings (SSSR count). The van der Waals surface area contributed by atoms with Crippen molar-refractivity contribution in [2.45, 2.75) is 0 Å². The van der Waals surface area contributed by atoms with Gasteiger partial charge in [0.25, 0.3) is 0 Å². The summed E-state index contributed by atoms with van der Waals surface area (Å²) in [4.78, 5) is 9.94. The minimum atomic E-state index is 0.691. The van der Waals surface area contributed by atoms with Crippen LogP contribution in [0.4, 0.5) is 0 Å². The molecule has 0 saturated carbocycles. The van der Waals surface area contributed by atoms with Crippen LogP contribution < -0.4 is 0 Å². The van der Waals surface area contributed by atoms with E-state index in [-0.39, 0.29) is 0 Å². The first-order chi connectivity index (χ1) is 22.8. The van der Waals surface area contributed by atoms with Gasteiger partial charge >= 0.3 is 0 Å². The highest BCUT2D eigenvalue weighted by Crippen LogP contribution is 2.39. The fourth-order valence-corrected chi connectivity index (χ4v) is 6.31. The van der Waals surface area contributed by atoms with E-state index in [0.717, 1.165) is 55.5 Å². The highest BCUT2D eigenvalue weighted by Gasteiger charge is 2.14. The molecule has 0 unspecified atom stereocenters. The maximum atomic E-state index is 9.70. The standard InChI is InChI=1S/C43H27N3/c44-28-33-23-24-39(36-16-8-7-15-34(33)36)40-26-25-35(37-17-9-10-18-38(37)40)29-19-21-31(22-20-29)42-27-41(30-11-3-1-4-12-30)45-43(46-42)32-13-5-2-6-14-32/h1-27H. The van der Waals surface area contributed by atoms with E-state index < -0.39 is 0 Å². The van der Waals surface area contributed by atoms with Gasteiger partial charge in [0, 0.05) is 22.1 Å². The molecule has 46 heavy (non-hydrogen) atoms. The SMILES string of the molecule is N#Cc1ccc(-c2ccc(-c3ccc(-c4cc(-c5ccccc5)nc(-c5ccccc5)n4)cc3)c3ccccc23)c2ccccc12. The summed E-state index contributed by atoms with van der Waals surface area (Å²) in [6.45, 7) is 0. The van der Waals surface area contributed by atoms with Crippen LogP contribution in [0.5, 0.6) is 0 Å². The number of hydrogen-bond donors (Lipinski definition) is 0. The average molecular weight is 586 g/mol. The second-order valence-corrected chi connectivity index (χ2v) is 11.3. The van der Waals surface area contributed by atoms with Crippen LogP contribution in [0.25, 0.3) is 77.7 Å². The number of benzene rings is 7. The van der Waals surface area contributed by atoms with Crippen molar-refractivity contribution in [3.63, 3.8) is 0 Å². The van der Waals surface area contributed by atoms with E-state index in [0.29, 0.717) is 11.4 Å². The van der Waals surface area contributed by atoms with Crippen LogP contribution in [-0.4, -0.2) is 9.97 Å². The molecule has 0 saturated heterocycles. The summed E-state index contributed by atoms with van der Waals surface area (Å²) in [5, 5.41) is 14.1. The molecule has 0 spiro atoms. The molecule has 0 amide bonds. The zero-order valence-electron chi connectivity index (χ0n) is 24.9. The Labute approximate surface area is 267 Å². The monoisotopic (exact) mass is 585 g/mol. The smallest absolute Gasteiger partial charge is 0.160 e. The lowest BCUT2D eigenvalue weighted by atomic mass is 9.89. The van der Waals surface area contributed by atoms with Crippen molar-refractivity contribution < 1.29 is 0 Å². The Hall–Kier alpha value is -6.37. The Balaban J connectivity index is 1.22. The van der Waals surface area contributed by atoms with Gasteiger partial charge < -0.3 is 0 Å². The topological polar surface area (TPSA) is 49.6 Å². The lowest BCUT2D eigenvalue weighted by Crippen LogP contribution is -1.95. The molecule has 0 aliphatic heterocycles. The maximum Gasteiger partial charge on any atom is 0.160 e. The molecule has 0 aliphatic rings. The minimum absolute atomic E-state index is 0.691. The largest absolute Gasteiger partial charge is 0.228 e. The molecular weight excluding hydrogens is 558 g/mol. The van der Waals surface area contributed by atoms with Gasteiger partial charge in [0.2, 0.25) is 0 Å². The summed E-state index contributed by atoms with van der Waals surface area (Å²) < 4.78 is 0. The number of aromatic nitrogens is 2. The zero-order chi connectivity index (χ0) is 30.9. The third-order valence-corrected chi connectivity index (χ3v) is 8.58. The quantitative estimate of drug-likeness (QED) is 0.202. The first-order valence-electron chi connectivity index (χ1n) is 15.3. The first-order valence-corrected chi connectivity index (χ1v) is 15.3. The van der Waals surface area contributed by atoms with Gasteiger partial charge in [-0.1, -0.05) is 152 Å². The predicted molar refractivity (Wildman–Crippen MR) is 189 cm³/mol. The predicted octanol–water partition coefficient (Wildman–Crippen LogP) is 11.0. The molecule has 8 aromatic rings.